The molecule has 0 radical (unpaired) electrons. The summed E-state index contributed by atoms with van der Waals surface area (Å²) < 4.78 is 0. The van der Waals surface area contributed by atoms with Crippen LogP contribution in [0, 0.1) is 25.7 Å². The highest BCUT2D eigenvalue weighted by Gasteiger charge is 2.43. The zero-order chi connectivity index (χ0) is 18.3. The number of carbonyl (C=O) groups excluding carboxylic acids is 1. The first kappa shape index (κ1) is 18.1. The van der Waals surface area contributed by atoms with Crippen molar-refractivity contribution >= 4 is 5.91 Å². The Hall–Kier alpha value is -1.73. The number of aryl methyl sites for hydroxylation is 2. The highest BCUT2D eigenvalue weighted by atomic mass is 16.3. The quantitative estimate of drug-likeness (QED) is 0.808. The molecule has 2 heterocycles. The number of carbonyl (C=O) groups is 1. The topological polar surface area (TPSA) is 89.5 Å². The SMILES string of the molecule is Cc1nc(C)c(CC(=O)N2C[C@H]3C[C@@H](N(C)C)[C@H](O)C[C@H]3C2)c(=O)[nH]1. The van der Waals surface area contributed by atoms with Crippen molar-refractivity contribution in [3.8, 4) is 0 Å². The van der Waals surface area contributed by atoms with Crippen LogP contribution < -0.4 is 5.56 Å². The van der Waals surface area contributed by atoms with Crippen LogP contribution >= 0.6 is 0 Å². The van der Waals surface area contributed by atoms with Crippen molar-refractivity contribution in [3.05, 3.63) is 27.4 Å². The summed E-state index contributed by atoms with van der Waals surface area (Å²) in [6.07, 6.45) is 1.41. The summed E-state index contributed by atoms with van der Waals surface area (Å²) in [4.78, 5) is 35.7. The zero-order valence-corrected chi connectivity index (χ0v) is 15.5. The number of nitrogens with zero attached hydrogens (tertiary/aromatic N) is 3. The summed E-state index contributed by atoms with van der Waals surface area (Å²) in [5.74, 6) is 1.32. The molecule has 1 aliphatic heterocycles. The molecule has 0 aromatic carbocycles. The van der Waals surface area contributed by atoms with Gasteiger partial charge in [0, 0.05) is 30.4 Å². The third-order valence-corrected chi connectivity index (χ3v) is 5.79. The molecule has 1 amide bonds. The van der Waals surface area contributed by atoms with Crippen molar-refractivity contribution in [1.82, 2.24) is 19.8 Å². The molecule has 2 aliphatic rings. The highest BCUT2D eigenvalue weighted by Crippen LogP contribution is 2.37. The van der Waals surface area contributed by atoms with Gasteiger partial charge in [0.1, 0.15) is 5.82 Å². The van der Waals surface area contributed by atoms with E-state index in [0.717, 1.165) is 19.4 Å². The zero-order valence-electron chi connectivity index (χ0n) is 15.5. The molecule has 1 saturated carbocycles. The van der Waals surface area contributed by atoms with Gasteiger partial charge in [-0.1, -0.05) is 0 Å². The lowest BCUT2D eigenvalue weighted by atomic mass is 9.77. The van der Waals surface area contributed by atoms with Gasteiger partial charge >= 0.3 is 0 Å². The molecule has 138 valence electrons. The van der Waals surface area contributed by atoms with E-state index < -0.39 is 0 Å². The van der Waals surface area contributed by atoms with Gasteiger partial charge in [-0.15, -0.1) is 0 Å². The molecule has 3 rings (SSSR count). The molecule has 1 aromatic rings. The van der Waals surface area contributed by atoms with Crippen LogP contribution in [0.1, 0.15) is 29.9 Å². The highest BCUT2D eigenvalue weighted by molar-refractivity contribution is 5.79. The molecule has 7 heteroatoms. The number of aliphatic hydroxyl groups excluding tert-OH is 1. The first-order valence-electron chi connectivity index (χ1n) is 8.95. The second-order valence-corrected chi connectivity index (χ2v) is 7.78. The lowest BCUT2D eigenvalue weighted by Gasteiger charge is -2.38. The van der Waals surface area contributed by atoms with Crippen LogP contribution in [0.5, 0.6) is 0 Å². The number of rotatable bonds is 3. The first-order chi connectivity index (χ1) is 11.8. The van der Waals surface area contributed by atoms with Crippen LogP contribution in [-0.4, -0.2) is 70.1 Å². The van der Waals surface area contributed by atoms with E-state index in [4.69, 9.17) is 0 Å². The first-order valence-corrected chi connectivity index (χ1v) is 8.95. The van der Waals surface area contributed by atoms with Gasteiger partial charge in [0.25, 0.3) is 5.56 Å². The Kier molecular flexibility index (Phi) is 4.97. The van der Waals surface area contributed by atoms with E-state index in [-0.39, 0.29) is 30.0 Å². The van der Waals surface area contributed by atoms with E-state index in [1.165, 1.54) is 0 Å². The Morgan fingerprint density at radius 1 is 1.28 bits per heavy atom. The molecule has 7 nitrogen and oxygen atoms in total. The number of nitrogens with one attached hydrogen (secondary N) is 1. The minimum Gasteiger partial charge on any atom is -0.391 e. The van der Waals surface area contributed by atoms with Crippen LogP contribution in [-0.2, 0) is 11.2 Å². The number of aliphatic hydroxyl groups is 1. The third kappa shape index (κ3) is 3.62. The molecule has 0 bridgehead atoms. The maximum absolute atomic E-state index is 12.7. The maximum atomic E-state index is 12.7. The molecule has 0 unspecified atom stereocenters. The molecule has 2 N–H and O–H groups in total. The number of hydrogen-bond donors (Lipinski definition) is 2. The van der Waals surface area contributed by atoms with Crippen LogP contribution in [0.4, 0.5) is 0 Å². The average Bonchev–Trinajstić information content (AvgIpc) is 2.92. The molecule has 0 spiro atoms. The molecule has 1 aromatic heterocycles. The van der Waals surface area contributed by atoms with Crippen molar-refractivity contribution in [2.45, 2.75) is 45.3 Å². The van der Waals surface area contributed by atoms with Crippen molar-refractivity contribution in [1.29, 1.82) is 0 Å². The fraction of sp³-hybridized carbons (Fsp3) is 0.722. The van der Waals surface area contributed by atoms with Crippen LogP contribution in [0.15, 0.2) is 4.79 Å². The van der Waals surface area contributed by atoms with Crippen molar-refractivity contribution in [3.63, 3.8) is 0 Å². The number of fused-ring (bicyclic) bond motifs is 1. The van der Waals surface area contributed by atoms with Crippen LogP contribution in [0.3, 0.4) is 0 Å². The number of hydrogen-bond acceptors (Lipinski definition) is 5. The molecular weight excluding hydrogens is 320 g/mol. The molecular formula is C18H28N4O3. The molecule has 1 saturated heterocycles. The smallest absolute Gasteiger partial charge is 0.254 e. The Labute approximate surface area is 148 Å². The minimum atomic E-state index is -0.335. The van der Waals surface area contributed by atoms with E-state index in [1.54, 1.807) is 13.8 Å². The number of aromatic nitrogens is 2. The van der Waals surface area contributed by atoms with E-state index in [1.807, 2.05) is 19.0 Å². The number of amides is 1. The van der Waals surface area contributed by atoms with Crippen LogP contribution in [0.2, 0.25) is 0 Å². The summed E-state index contributed by atoms with van der Waals surface area (Å²) in [6, 6.07) is 0.155. The monoisotopic (exact) mass is 348 g/mol. The lowest BCUT2D eigenvalue weighted by Crippen LogP contribution is -2.46. The summed E-state index contributed by atoms with van der Waals surface area (Å²) in [6.45, 7) is 4.90. The average molecular weight is 348 g/mol. The number of H-pyrrole nitrogens is 1. The van der Waals surface area contributed by atoms with E-state index in [0.29, 0.717) is 35.5 Å². The summed E-state index contributed by atoms with van der Waals surface area (Å²) in [5, 5.41) is 10.3. The maximum Gasteiger partial charge on any atom is 0.254 e. The normalized spacial score (nSPS) is 29.1. The fourth-order valence-electron chi connectivity index (χ4n) is 4.39. The molecule has 25 heavy (non-hydrogen) atoms. The Morgan fingerprint density at radius 3 is 2.52 bits per heavy atom. The summed E-state index contributed by atoms with van der Waals surface area (Å²) in [7, 11) is 3.98. The standard InChI is InChI=1S/C18H28N4O3/c1-10-14(18(25)20-11(2)19-10)7-17(24)22-8-12-5-15(21(3)4)16(23)6-13(12)9-22/h12-13,15-16,23H,5-9H2,1-4H3,(H,19,20,25)/t12-,13+,15-,16-/m1/s1. The van der Waals surface area contributed by atoms with Crippen molar-refractivity contribution in [2.24, 2.45) is 11.8 Å². The Bertz CT molecular complexity index is 715. The minimum absolute atomic E-state index is 0.0236. The number of aromatic amines is 1. The molecule has 2 fully saturated rings. The third-order valence-electron chi connectivity index (χ3n) is 5.79. The van der Waals surface area contributed by atoms with Gasteiger partial charge in [-0.2, -0.15) is 0 Å². The van der Waals surface area contributed by atoms with Gasteiger partial charge in [0.2, 0.25) is 5.91 Å². The number of likely N-dealkylation sites (N-methyl/N-ethyl adjacent to an activating group) is 1. The Balaban J connectivity index is 1.69. The van der Waals surface area contributed by atoms with Crippen molar-refractivity contribution < 1.29 is 9.90 Å². The second-order valence-electron chi connectivity index (χ2n) is 7.78. The molecule has 1 aliphatic carbocycles. The van der Waals surface area contributed by atoms with E-state index in [9.17, 15) is 14.7 Å². The Morgan fingerprint density at radius 2 is 1.92 bits per heavy atom. The van der Waals surface area contributed by atoms with Gasteiger partial charge in [-0.05, 0) is 52.6 Å². The van der Waals surface area contributed by atoms with Crippen molar-refractivity contribution in [2.75, 3.05) is 27.2 Å². The van der Waals surface area contributed by atoms with Gasteiger partial charge in [-0.3, -0.25) is 9.59 Å². The summed E-state index contributed by atoms with van der Waals surface area (Å²) in [5.41, 5.74) is 0.851. The van der Waals surface area contributed by atoms with Gasteiger partial charge in [0.15, 0.2) is 0 Å². The van der Waals surface area contributed by atoms with E-state index >= 15 is 0 Å². The second kappa shape index (κ2) is 6.88. The van der Waals surface area contributed by atoms with Gasteiger partial charge < -0.3 is 19.9 Å². The summed E-state index contributed by atoms with van der Waals surface area (Å²) >= 11 is 0. The molecule has 4 atom stereocenters. The fourth-order valence-corrected chi connectivity index (χ4v) is 4.39. The van der Waals surface area contributed by atoms with Gasteiger partial charge in [-0.25, -0.2) is 4.98 Å². The van der Waals surface area contributed by atoms with E-state index in [2.05, 4.69) is 14.9 Å². The predicted octanol–water partition coefficient (Wildman–Crippen LogP) is 0.0887. The lowest BCUT2D eigenvalue weighted by molar-refractivity contribution is -0.129. The predicted molar refractivity (Wildman–Crippen MR) is 94.3 cm³/mol. The van der Waals surface area contributed by atoms with Crippen LogP contribution in [0.25, 0.3) is 0 Å². The largest absolute Gasteiger partial charge is 0.391 e. The number of likely N-dealkylation sites (tertiary alicyclic amines) is 1. The van der Waals surface area contributed by atoms with Gasteiger partial charge in [0.05, 0.1) is 12.5 Å².